The SMILES string of the molecule is Cl.O=c1ccc2ncc(=O)n3c2n1C[C@H]3CN1CCC(NCc2ccc3nsnc3c2)CC1. The Morgan fingerprint density at radius 1 is 1.00 bits per heavy atom. The van der Waals surface area contributed by atoms with Gasteiger partial charge < -0.3 is 10.2 Å². The minimum atomic E-state index is -0.136. The topological polar surface area (TPSA) is 97.9 Å². The first-order valence-corrected chi connectivity index (χ1v) is 11.7. The number of aromatic nitrogens is 5. The maximum Gasteiger partial charge on any atom is 0.270 e. The van der Waals surface area contributed by atoms with Crippen LogP contribution in [-0.4, -0.2) is 53.4 Å². The molecule has 0 unspecified atom stereocenters. The van der Waals surface area contributed by atoms with E-state index in [0.717, 1.165) is 50.1 Å². The fourth-order valence-corrected chi connectivity index (χ4v) is 5.50. The number of benzene rings is 1. The quantitative estimate of drug-likeness (QED) is 0.460. The van der Waals surface area contributed by atoms with Gasteiger partial charge in [-0.2, -0.15) is 8.75 Å². The molecule has 1 aromatic carbocycles. The molecule has 0 aliphatic carbocycles. The molecule has 1 fully saturated rings. The van der Waals surface area contributed by atoms with Crippen LogP contribution < -0.4 is 16.4 Å². The van der Waals surface area contributed by atoms with Crippen molar-refractivity contribution in [1.82, 2.24) is 33.1 Å². The highest BCUT2D eigenvalue weighted by molar-refractivity contribution is 7.00. The highest BCUT2D eigenvalue weighted by Crippen LogP contribution is 2.24. The molecule has 3 aromatic heterocycles. The van der Waals surface area contributed by atoms with Crippen LogP contribution in [0.15, 0.2) is 46.1 Å². The normalized spacial score (nSPS) is 18.7. The van der Waals surface area contributed by atoms with Crippen molar-refractivity contribution in [2.75, 3.05) is 19.6 Å². The molecule has 172 valence electrons. The van der Waals surface area contributed by atoms with Crippen molar-refractivity contribution in [3.05, 3.63) is 62.8 Å². The van der Waals surface area contributed by atoms with Gasteiger partial charge >= 0.3 is 0 Å². The van der Waals surface area contributed by atoms with Crippen LogP contribution in [0.3, 0.4) is 0 Å². The van der Waals surface area contributed by atoms with Crippen molar-refractivity contribution in [1.29, 1.82) is 0 Å². The summed E-state index contributed by atoms with van der Waals surface area (Å²) in [5, 5.41) is 3.68. The molecular weight excluding hydrogens is 462 g/mol. The summed E-state index contributed by atoms with van der Waals surface area (Å²) in [5.41, 5.74) is 4.28. The summed E-state index contributed by atoms with van der Waals surface area (Å²) >= 11 is 1.25. The average molecular weight is 486 g/mol. The van der Waals surface area contributed by atoms with Crippen molar-refractivity contribution in [2.45, 2.75) is 38.0 Å². The molecule has 0 bridgehead atoms. The first-order chi connectivity index (χ1) is 15.7. The fraction of sp³-hybridized carbons (Fsp3) is 0.409. The third-order valence-electron chi connectivity index (χ3n) is 6.64. The lowest BCUT2D eigenvalue weighted by molar-refractivity contribution is 0.171. The predicted molar refractivity (Wildman–Crippen MR) is 130 cm³/mol. The van der Waals surface area contributed by atoms with E-state index < -0.39 is 0 Å². The van der Waals surface area contributed by atoms with Crippen molar-refractivity contribution in [2.24, 2.45) is 0 Å². The number of pyridine rings is 1. The molecule has 5 heterocycles. The second-order valence-electron chi connectivity index (χ2n) is 8.65. The average Bonchev–Trinajstić information content (AvgIpc) is 3.43. The Balaban J connectivity index is 0.00000228. The van der Waals surface area contributed by atoms with Gasteiger partial charge in [0, 0.05) is 31.7 Å². The molecule has 11 heteroatoms. The van der Waals surface area contributed by atoms with E-state index in [0.29, 0.717) is 23.8 Å². The number of nitrogens with one attached hydrogen (secondary N) is 1. The number of fused-ring (bicyclic) bond motifs is 1. The van der Waals surface area contributed by atoms with Crippen molar-refractivity contribution >= 4 is 46.3 Å². The van der Waals surface area contributed by atoms with Crippen LogP contribution in [0.1, 0.15) is 24.4 Å². The second kappa shape index (κ2) is 8.94. The predicted octanol–water partition coefficient (Wildman–Crippen LogP) is 1.79. The highest BCUT2D eigenvalue weighted by Gasteiger charge is 2.29. The van der Waals surface area contributed by atoms with Gasteiger partial charge in [0.2, 0.25) is 0 Å². The van der Waals surface area contributed by atoms with Gasteiger partial charge in [-0.05, 0) is 49.7 Å². The lowest BCUT2D eigenvalue weighted by Crippen LogP contribution is -2.44. The van der Waals surface area contributed by atoms with Gasteiger partial charge in [-0.25, -0.2) is 4.98 Å². The number of likely N-dealkylation sites (tertiary alicyclic amines) is 1. The molecule has 0 amide bonds. The molecule has 33 heavy (non-hydrogen) atoms. The second-order valence-corrected chi connectivity index (χ2v) is 9.18. The molecule has 0 spiro atoms. The Morgan fingerprint density at radius 2 is 1.79 bits per heavy atom. The third kappa shape index (κ3) is 4.08. The Kier molecular flexibility index (Phi) is 6.00. The summed E-state index contributed by atoms with van der Waals surface area (Å²) < 4.78 is 12.0. The number of rotatable bonds is 5. The Hall–Kier alpha value is -2.66. The molecule has 6 rings (SSSR count). The van der Waals surface area contributed by atoms with Gasteiger partial charge in [0.05, 0.1) is 24.0 Å². The van der Waals surface area contributed by atoms with Crippen molar-refractivity contribution in [3.8, 4) is 0 Å². The summed E-state index contributed by atoms with van der Waals surface area (Å²) in [5.74, 6) is 0. The zero-order valence-corrected chi connectivity index (χ0v) is 19.5. The Labute approximate surface area is 199 Å². The van der Waals surface area contributed by atoms with Crippen LogP contribution >= 0.6 is 24.1 Å². The molecule has 0 radical (unpaired) electrons. The first-order valence-electron chi connectivity index (χ1n) is 10.9. The minimum Gasteiger partial charge on any atom is -0.310 e. The van der Waals surface area contributed by atoms with Gasteiger partial charge in [0.15, 0.2) is 0 Å². The first kappa shape index (κ1) is 22.1. The summed E-state index contributed by atoms with van der Waals surface area (Å²) in [4.78, 5) is 31.5. The highest BCUT2D eigenvalue weighted by atomic mass is 35.5. The number of piperidine rings is 1. The molecule has 2 aliphatic rings. The van der Waals surface area contributed by atoms with Crippen molar-refractivity contribution in [3.63, 3.8) is 0 Å². The molecular formula is C22H24ClN7O2S. The van der Waals surface area contributed by atoms with Gasteiger partial charge in [-0.15, -0.1) is 12.4 Å². The van der Waals surface area contributed by atoms with E-state index >= 15 is 0 Å². The maximum atomic E-state index is 12.5. The van der Waals surface area contributed by atoms with E-state index in [4.69, 9.17) is 0 Å². The van der Waals surface area contributed by atoms with Gasteiger partial charge in [0.25, 0.3) is 11.1 Å². The van der Waals surface area contributed by atoms with Crippen LogP contribution in [0.25, 0.3) is 22.2 Å². The van der Waals surface area contributed by atoms with E-state index in [1.807, 2.05) is 6.07 Å². The maximum absolute atomic E-state index is 12.5. The van der Waals surface area contributed by atoms with E-state index in [1.54, 1.807) is 15.2 Å². The fourth-order valence-electron chi connectivity index (χ4n) is 4.98. The van der Waals surface area contributed by atoms with Crippen LogP contribution in [0, 0.1) is 0 Å². The van der Waals surface area contributed by atoms with Crippen LogP contribution in [0.2, 0.25) is 0 Å². The molecule has 1 saturated heterocycles. The van der Waals surface area contributed by atoms with Crippen LogP contribution in [0.5, 0.6) is 0 Å². The van der Waals surface area contributed by atoms with E-state index in [9.17, 15) is 9.59 Å². The Morgan fingerprint density at radius 3 is 2.64 bits per heavy atom. The van der Waals surface area contributed by atoms with Crippen molar-refractivity contribution < 1.29 is 0 Å². The standard InChI is InChI=1S/C22H23N7O2S.ClH/c30-20-4-3-18-22-28(20)13-16(29(22)21(31)11-24-18)12-27-7-5-15(6-8-27)23-10-14-1-2-17-19(9-14)26-32-25-17;/h1-4,9,11,15-16,23H,5-8,10,12-13H2;1H/t16-;/m1./s1. The molecule has 2 aliphatic heterocycles. The van der Waals surface area contributed by atoms with Gasteiger partial charge in [-0.3, -0.25) is 18.7 Å². The summed E-state index contributed by atoms with van der Waals surface area (Å²) in [6.07, 6.45) is 3.48. The Bertz CT molecular complexity index is 1420. The zero-order valence-electron chi connectivity index (χ0n) is 17.9. The third-order valence-corrected chi connectivity index (χ3v) is 7.20. The number of hydrogen-bond donors (Lipinski definition) is 1. The number of nitrogens with zero attached hydrogens (tertiary/aromatic N) is 6. The monoisotopic (exact) mass is 485 g/mol. The summed E-state index contributed by atoms with van der Waals surface area (Å²) in [6, 6.07) is 9.91. The van der Waals surface area contributed by atoms with Gasteiger partial charge in [-0.1, -0.05) is 6.07 Å². The van der Waals surface area contributed by atoms with Crippen LogP contribution in [0.4, 0.5) is 0 Å². The molecule has 1 N–H and O–H groups in total. The van der Waals surface area contributed by atoms with Gasteiger partial charge in [0.1, 0.15) is 22.2 Å². The summed E-state index contributed by atoms with van der Waals surface area (Å²) in [7, 11) is 0. The molecule has 1 atom stereocenters. The number of halogens is 1. The lowest BCUT2D eigenvalue weighted by Gasteiger charge is -2.34. The lowest BCUT2D eigenvalue weighted by atomic mass is 10.0. The van der Waals surface area contributed by atoms with Crippen LogP contribution in [-0.2, 0) is 13.1 Å². The largest absolute Gasteiger partial charge is 0.310 e. The molecule has 9 nitrogen and oxygen atoms in total. The number of hydrogen-bond acceptors (Lipinski definition) is 8. The van der Waals surface area contributed by atoms with E-state index in [1.165, 1.54) is 29.6 Å². The minimum absolute atomic E-state index is 0. The van der Waals surface area contributed by atoms with E-state index in [-0.39, 0.29) is 29.6 Å². The molecule has 0 saturated carbocycles. The summed E-state index contributed by atoms with van der Waals surface area (Å²) in [6.45, 7) is 4.06. The smallest absolute Gasteiger partial charge is 0.270 e. The zero-order chi connectivity index (χ0) is 21.7. The van der Waals surface area contributed by atoms with E-state index in [2.05, 4.69) is 36.1 Å². The molecule has 4 aromatic rings.